The van der Waals surface area contributed by atoms with Crippen LogP contribution in [0.25, 0.3) is 11.6 Å². The number of aliphatic carboxylic acids is 1. The van der Waals surface area contributed by atoms with Crippen LogP contribution in [0.4, 0.5) is 5.69 Å². The highest BCUT2D eigenvalue weighted by molar-refractivity contribution is 6.32. The molecule has 2 aromatic carbocycles. The number of hydrogen-bond donors (Lipinski definition) is 1. The second-order valence-corrected chi connectivity index (χ2v) is 5.42. The van der Waals surface area contributed by atoms with Crippen LogP contribution in [0.1, 0.15) is 16.7 Å². The molecule has 0 amide bonds. The second-order valence-electron chi connectivity index (χ2n) is 5.01. The highest BCUT2D eigenvalue weighted by Crippen LogP contribution is 2.29. The Hall–Kier alpha value is -2.86. The molecule has 0 aliphatic rings. The normalized spacial score (nSPS) is 11.2. The Kier molecular flexibility index (Phi) is 5.21. The molecule has 0 heterocycles. The zero-order valence-corrected chi connectivity index (χ0v) is 13.7. The standard InChI is InChI=1S/C17H14ClNO5/c1-10-7-12(24-2)4-5-13(10)14(17(20)21)8-11-3-6-15(18)16(9-11)19(22)23/h3-9H,1-2H3,(H,20,21)/b14-8-. The first-order chi connectivity index (χ1) is 11.3. The van der Waals surface area contributed by atoms with E-state index in [1.165, 1.54) is 31.4 Å². The maximum atomic E-state index is 11.6. The summed E-state index contributed by atoms with van der Waals surface area (Å²) < 4.78 is 5.11. The van der Waals surface area contributed by atoms with Crippen molar-refractivity contribution in [1.29, 1.82) is 0 Å². The molecule has 24 heavy (non-hydrogen) atoms. The van der Waals surface area contributed by atoms with Crippen LogP contribution in [0.15, 0.2) is 36.4 Å². The van der Waals surface area contributed by atoms with Crippen molar-refractivity contribution in [2.45, 2.75) is 6.92 Å². The molecule has 124 valence electrons. The van der Waals surface area contributed by atoms with E-state index >= 15 is 0 Å². The zero-order chi connectivity index (χ0) is 17.9. The van der Waals surface area contributed by atoms with Gasteiger partial charge in [-0.25, -0.2) is 4.79 Å². The van der Waals surface area contributed by atoms with E-state index < -0.39 is 10.9 Å². The van der Waals surface area contributed by atoms with Gasteiger partial charge in [0.1, 0.15) is 10.8 Å². The molecule has 0 atom stereocenters. The minimum Gasteiger partial charge on any atom is -0.497 e. The molecule has 0 saturated carbocycles. The number of rotatable bonds is 5. The van der Waals surface area contributed by atoms with E-state index in [1.54, 1.807) is 25.1 Å². The van der Waals surface area contributed by atoms with Gasteiger partial charge in [0.25, 0.3) is 5.69 Å². The monoisotopic (exact) mass is 347 g/mol. The first kappa shape index (κ1) is 17.5. The molecule has 1 N–H and O–H groups in total. The van der Waals surface area contributed by atoms with Crippen LogP contribution in [-0.2, 0) is 4.79 Å². The highest BCUT2D eigenvalue weighted by Gasteiger charge is 2.16. The van der Waals surface area contributed by atoms with Gasteiger partial charge in [0.2, 0.25) is 0 Å². The molecule has 0 saturated heterocycles. The Morgan fingerprint density at radius 3 is 2.54 bits per heavy atom. The van der Waals surface area contributed by atoms with Crippen LogP contribution in [0.5, 0.6) is 5.75 Å². The number of carboxylic acid groups (broad SMARTS) is 1. The number of aryl methyl sites for hydroxylation is 1. The molecule has 2 rings (SSSR count). The molecule has 0 aromatic heterocycles. The lowest BCUT2D eigenvalue weighted by Gasteiger charge is -2.09. The van der Waals surface area contributed by atoms with E-state index in [1.807, 2.05) is 0 Å². The molecule has 2 aromatic rings. The number of nitro benzene ring substituents is 1. The minimum atomic E-state index is -1.14. The van der Waals surface area contributed by atoms with E-state index in [4.69, 9.17) is 16.3 Å². The largest absolute Gasteiger partial charge is 0.497 e. The smallest absolute Gasteiger partial charge is 0.336 e. The zero-order valence-electron chi connectivity index (χ0n) is 12.9. The van der Waals surface area contributed by atoms with Gasteiger partial charge in [0.15, 0.2) is 0 Å². The third-order valence-corrected chi connectivity index (χ3v) is 3.75. The van der Waals surface area contributed by atoms with Crippen molar-refractivity contribution in [1.82, 2.24) is 0 Å². The fraction of sp³-hybridized carbons (Fsp3) is 0.118. The molecule has 0 spiro atoms. The molecular formula is C17H14ClNO5. The third-order valence-electron chi connectivity index (χ3n) is 3.43. The van der Waals surface area contributed by atoms with Crippen LogP contribution < -0.4 is 4.74 Å². The van der Waals surface area contributed by atoms with Gasteiger partial charge in [0, 0.05) is 6.07 Å². The summed E-state index contributed by atoms with van der Waals surface area (Å²) in [5, 5.41) is 20.5. The first-order valence-corrected chi connectivity index (χ1v) is 7.25. The van der Waals surface area contributed by atoms with Crippen LogP contribution in [0.2, 0.25) is 5.02 Å². The summed E-state index contributed by atoms with van der Waals surface area (Å²) in [7, 11) is 1.52. The van der Waals surface area contributed by atoms with Gasteiger partial charge in [-0.15, -0.1) is 0 Å². The Morgan fingerprint density at radius 2 is 2.00 bits per heavy atom. The molecule has 0 aliphatic heterocycles. The molecule has 6 nitrogen and oxygen atoms in total. The summed E-state index contributed by atoms with van der Waals surface area (Å²) in [6.45, 7) is 1.76. The number of halogens is 1. The fourth-order valence-electron chi connectivity index (χ4n) is 2.25. The van der Waals surface area contributed by atoms with Gasteiger partial charge in [0.05, 0.1) is 17.6 Å². The molecule has 7 heteroatoms. The van der Waals surface area contributed by atoms with Crippen molar-refractivity contribution < 1.29 is 19.6 Å². The van der Waals surface area contributed by atoms with E-state index in [0.717, 1.165) is 0 Å². The number of carbonyl (C=O) groups is 1. The SMILES string of the molecule is COc1ccc(/C(=C/c2ccc(Cl)c([N+](=O)[O-])c2)C(=O)O)c(C)c1. The van der Waals surface area contributed by atoms with E-state index in [0.29, 0.717) is 22.4 Å². The predicted octanol–water partition coefficient (Wildman–Crippen LogP) is 4.19. The van der Waals surface area contributed by atoms with Crippen LogP contribution >= 0.6 is 11.6 Å². The molecule has 0 radical (unpaired) electrons. The minimum absolute atomic E-state index is 0.00495. The van der Waals surface area contributed by atoms with Gasteiger partial charge < -0.3 is 9.84 Å². The van der Waals surface area contributed by atoms with Gasteiger partial charge in [-0.05, 0) is 47.9 Å². The topological polar surface area (TPSA) is 89.7 Å². The maximum Gasteiger partial charge on any atom is 0.336 e. The van der Waals surface area contributed by atoms with E-state index in [2.05, 4.69) is 0 Å². The van der Waals surface area contributed by atoms with Crippen molar-refractivity contribution in [3.8, 4) is 5.75 Å². The summed E-state index contributed by atoms with van der Waals surface area (Å²) in [5.74, 6) is -0.524. The lowest BCUT2D eigenvalue weighted by Crippen LogP contribution is -2.02. The van der Waals surface area contributed by atoms with Gasteiger partial charge in [-0.3, -0.25) is 10.1 Å². The number of ether oxygens (including phenoxy) is 1. The molecule has 0 aliphatic carbocycles. The Bertz CT molecular complexity index is 845. The van der Waals surface area contributed by atoms with Crippen molar-refractivity contribution in [3.05, 3.63) is 68.2 Å². The number of hydrogen-bond acceptors (Lipinski definition) is 4. The lowest BCUT2D eigenvalue weighted by atomic mass is 9.98. The van der Waals surface area contributed by atoms with Crippen molar-refractivity contribution in [3.63, 3.8) is 0 Å². The average Bonchev–Trinajstić information content (AvgIpc) is 2.53. The molecule has 0 unspecified atom stereocenters. The molecular weight excluding hydrogens is 334 g/mol. The van der Waals surface area contributed by atoms with Gasteiger partial charge in [-0.1, -0.05) is 23.7 Å². The van der Waals surface area contributed by atoms with Crippen molar-refractivity contribution >= 4 is 34.9 Å². The Balaban J connectivity index is 2.56. The van der Waals surface area contributed by atoms with Crippen LogP contribution in [0.3, 0.4) is 0 Å². The number of nitrogens with zero attached hydrogens (tertiary/aromatic N) is 1. The Labute approximate surface area is 143 Å². The summed E-state index contributed by atoms with van der Waals surface area (Å²) >= 11 is 5.77. The summed E-state index contributed by atoms with van der Waals surface area (Å²) in [6.07, 6.45) is 1.38. The van der Waals surface area contributed by atoms with Crippen molar-refractivity contribution in [2.75, 3.05) is 7.11 Å². The van der Waals surface area contributed by atoms with Gasteiger partial charge in [-0.2, -0.15) is 0 Å². The Morgan fingerprint density at radius 1 is 1.29 bits per heavy atom. The summed E-state index contributed by atoms with van der Waals surface area (Å²) in [5.41, 5.74) is 1.33. The molecule has 0 fully saturated rings. The third kappa shape index (κ3) is 3.72. The van der Waals surface area contributed by atoms with E-state index in [9.17, 15) is 20.0 Å². The quantitative estimate of drug-likeness (QED) is 0.379. The molecule has 0 bridgehead atoms. The fourth-order valence-corrected chi connectivity index (χ4v) is 2.43. The predicted molar refractivity (Wildman–Crippen MR) is 91.3 cm³/mol. The second kappa shape index (κ2) is 7.14. The summed E-state index contributed by atoms with van der Waals surface area (Å²) in [4.78, 5) is 22.0. The number of methoxy groups -OCH3 is 1. The van der Waals surface area contributed by atoms with Gasteiger partial charge >= 0.3 is 5.97 Å². The first-order valence-electron chi connectivity index (χ1n) is 6.87. The lowest BCUT2D eigenvalue weighted by molar-refractivity contribution is -0.384. The highest BCUT2D eigenvalue weighted by atomic mass is 35.5. The van der Waals surface area contributed by atoms with Crippen LogP contribution in [0, 0.1) is 17.0 Å². The number of carboxylic acids is 1. The maximum absolute atomic E-state index is 11.6. The van der Waals surface area contributed by atoms with Crippen LogP contribution in [-0.4, -0.2) is 23.1 Å². The number of nitro groups is 1. The van der Waals surface area contributed by atoms with Crippen molar-refractivity contribution in [2.24, 2.45) is 0 Å². The number of benzene rings is 2. The van der Waals surface area contributed by atoms with E-state index in [-0.39, 0.29) is 16.3 Å². The average molecular weight is 348 g/mol. The summed E-state index contributed by atoms with van der Waals surface area (Å²) in [6, 6.07) is 9.14.